The number of halogens is 1. The van der Waals surface area contributed by atoms with Gasteiger partial charge in [0, 0.05) is 17.8 Å². The highest BCUT2D eigenvalue weighted by atomic mass is 35.5. The van der Waals surface area contributed by atoms with Crippen LogP contribution in [0.5, 0.6) is 0 Å². The van der Waals surface area contributed by atoms with E-state index in [0.717, 1.165) is 16.6 Å². The molecule has 25 heavy (non-hydrogen) atoms. The molecule has 3 aliphatic rings. The zero-order chi connectivity index (χ0) is 17.6. The zero-order valence-electron chi connectivity index (χ0n) is 13.9. The maximum Gasteiger partial charge on any atom is 0.320 e. The smallest absolute Gasteiger partial charge is 0.320 e. The van der Waals surface area contributed by atoms with Crippen molar-refractivity contribution in [1.82, 2.24) is 9.88 Å². The molecule has 3 heterocycles. The minimum absolute atomic E-state index is 0.0962. The van der Waals surface area contributed by atoms with Gasteiger partial charge < -0.3 is 14.6 Å². The Labute approximate surface area is 150 Å². The Morgan fingerprint density at radius 3 is 2.84 bits per heavy atom. The van der Waals surface area contributed by atoms with Gasteiger partial charge in [-0.2, -0.15) is 0 Å². The molecule has 1 fully saturated rings. The molecular formula is C19H19ClN2O3. The number of esters is 1. The van der Waals surface area contributed by atoms with Gasteiger partial charge in [0.15, 0.2) is 0 Å². The zero-order valence-corrected chi connectivity index (χ0v) is 14.6. The first-order chi connectivity index (χ1) is 12.1. The molecule has 2 bridgehead atoms. The van der Waals surface area contributed by atoms with Crippen molar-refractivity contribution >= 4 is 34.4 Å². The molecule has 2 aliphatic heterocycles. The molecule has 1 amide bonds. The summed E-state index contributed by atoms with van der Waals surface area (Å²) >= 11 is 5.80. The highest BCUT2D eigenvalue weighted by Crippen LogP contribution is 2.47. The Balaban J connectivity index is 1.89. The van der Waals surface area contributed by atoms with E-state index in [1.807, 2.05) is 36.4 Å². The number of methoxy groups -OCH3 is 1. The summed E-state index contributed by atoms with van der Waals surface area (Å²) in [7, 11) is 1.40. The highest BCUT2D eigenvalue weighted by Gasteiger charge is 2.57. The van der Waals surface area contributed by atoms with Crippen molar-refractivity contribution in [1.29, 1.82) is 0 Å². The molecule has 1 saturated heterocycles. The number of aromatic nitrogens is 1. The predicted octanol–water partition coefficient (Wildman–Crippen LogP) is 2.60. The number of amides is 1. The summed E-state index contributed by atoms with van der Waals surface area (Å²) in [4.78, 5) is 30.4. The van der Waals surface area contributed by atoms with Crippen LogP contribution >= 0.6 is 11.6 Å². The summed E-state index contributed by atoms with van der Waals surface area (Å²) in [6.07, 6.45) is 4.65. The molecule has 6 heteroatoms. The van der Waals surface area contributed by atoms with Gasteiger partial charge >= 0.3 is 5.97 Å². The van der Waals surface area contributed by atoms with Gasteiger partial charge in [0.05, 0.1) is 13.2 Å². The molecule has 130 valence electrons. The SMILES string of the molecule is COC(=O)[C@]1(c2cc3ccccc3[nH]2)C[C@@H]2C=C[C@H]1N(C(=O)CCl)C2. The first kappa shape index (κ1) is 16.2. The standard InChI is InChI=1S/C19H19ClN2O3/c1-25-18(24)19(15-8-13-4-2-3-5-14(13)21-15)9-12-6-7-16(19)22(11-12)17(23)10-20/h2-8,12,16,21H,9-11H2,1H3/t12-,16+,19-/m0/s1. The third-order valence-electron chi connectivity index (χ3n) is 5.42. The number of fused-ring (bicyclic) bond motifs is 3. The third kappa shape index (κ3) is 2.29. The molecule has 2 aromatic rings. The summed E-state index contributed by atoms with van der Waals surface area (Å²) in [6.45, 7) is 0.589. The van der Waals surface area contributed by atoms with Crippen molar-refractivity contribution < 1.29 is 14.3 Å². The molecule has 0 spiro atoms. The number of benzene rings is 1. The number of aromatic amines is 1. The molecule has 0 saturated carbocycles. The Morgan fingerprint density at radius 2 is 2.16 bits per heavy atom. The van der Waals surface area contributed by atoms with E-state index in [-0.39, 0.29) is 23.7 Å². The van der Waals surface area contributed by atoms with Crippen LogP contribution in [0, 0.1) is 5.92 Å². The van der Waals surface area contributed by atoms with Crippen LogP contribution in [0.15, 0.2) is 42.5 Å². The van der Waals surface area contributed by atoms with Crippen molar-refractivity contribution in [2.75, 3.05) is 19.5 Å². The first-order valence-electron chi connectivity index (χ1n) is 8.30. The second-order valence-corrected chi connectivity index (χ2v) is 6.97. The lowest BCUT2D eigenvalue weighted by Gasteiger charge is -2.51. The number of nitrogens with zero attached hydrogens (tertiary/aromatic N) is 1. The van der Waals surface area contributed by atoms with Crippen LogP contribution in [0.3, 0.4) is 0 Å². The Kier molecular flexibility index (Phi) is 3.84. The maximum absolute atomic E-state index is 13.0. The predicted molar refractivity (Wildman–Crippen MR) is 95.5 cm³/mol. The van der Waals surface area contributed by atoms with E-state index >= 15 is 0 Å². The van der Waals surface area contributed by atoms with Crippen LogP contribution in [0.1, 0.15) is 12.1 Å². The lowest BCUT2D eigenvalue weighted by atomic mass is 9.64. The van der Waals surface area contributed by atoms with Crippen LogP contribution < -0.4 is 0 Å². The summed E-state index contributed by atoms with van der Waals surface area (Å²) in [6, 6.07) is 9.47. The summed E-state index contributed by atoms with van der Waals surface area (Å²) < 4.78 is 5.19. The van der Waals surface area contributed by atoms with Crippen LogP contribution in [0.25, 0.3) is 10.9 Å². The minimum atomic E-state index is -0.937. The van der Waals surface area contributed by atoms with Crippen molar-refractivity contribution in [2.24, 2.45) is 5.92 Å². The fraction of sp³-hybridized carbons (Fsp3) is 0.368. The van der Waals surface area contributed by atoms with Gasteiger partial charge in [0.25, 0.3) is 0 Å². The molecule has 1 aromatic carbocycles. The molecule has 0 radical (unpaired) electrons. The van der Waals surface area contributed by atoms with E-state index < -0.39 is 11.5 Å². The fourth-order valence-corrected chi connectivity index (χ4v) is 4.46. The van der Waals surface area contributed by atoms with Gasteiger partial charge in [-0.05, 0) is 29.9 Å². The van der Waals surface area contributed by atoms with Gasteiger partial charge in [-0.25, -0.2) is 0 Å². The number of carbonyl (C=O) groups excluding carboxylic acids is 2. The Hall–Kier alpha value is -2.27. The fourth-order valence-electron chi connectivity index (χ4n) is 4.30. The van der Waals surface area contributed by atoms with Crippen LogP contribution in [0.2, 0.25) is 0 Å². The largest absolute Gasteiger partial charge is 0.468 e. The number of hydrogen-bond acceptors (Lipinski definition) is 3. The van der Waals surface area contributed by atoms with Gasteiger partial charge in [0.2, 0.25) is 5.91 Å². The number of nitrogens with one attached hydrogen (secondary N) is 1. The average molecular weight is 359 g/mol. The van der Waals surface area contributed by atoms with E-state index in [4.69, 9.17) is 16.3 Å². The summed E-state index contributed by atoms with van der Waals surface area (Å²) in [5.74, 6) is -0.487. The summed E-state index contributed by atoms with van der Waals surface area (Å²) in [5.41, 5.74) is 0.807. The monoisotopic (exact) mass is 358 g/mol. The number of para-hydroxylation sites is 1. The van der Waals surface area contributed by atoms with Crippen LogP contribution in [-0.4, -0.2) is 47.3 Å². The van der Waals surface area contributed by atoms with Crippen molar-refractivity contribution in [3.05, 3.63) is 48.2 Å². The number of carbonyl (C=O) groups is 2. The second kappa shape index (κ2) is 5.92. The van der Waals surface area contributed by atoms with Gasteiger partial charge in [-0.1, -0.05) is 30.4 Å². The molecule has 3 atom stereocenters. The van der Waals surface area contributed by atoms with E-state index in [9.17, 15) is 9.59 Å². The molecule has 5 nitrogen and oxygen atoms in total. The van der Waals surface area contributed by atoms with E-state index in [1.165, 1.54) is 7.11 Å². The molecule has 1 aromatic heterocycles. The molecule has 1 N–H and O–H groups in total. The van der Waals surface area contributed by atoms with Crippen molar-refractivity contribution in [3.8, 4) is 0 Å². The van der Waals surface area contributed by atoms with Gasteiger partial charge in [-0.15, -0.1) is 11.6 Å². The lowest BCUT2D eigenvalue weighted by molar-refractivity contribution is -0.156. The number of ether oxygens (including phenoxy) is 1. The summed E-state index contributed by atoms with van der Waals surface area (Å²) in [5, 5.41) is 1.03. The lowest BCUT2D eigenvalue weighted by Crippen LogP contribution is -2.64. The Morgan fingerprint density at radius 1 is 1.36 bits per heavy atom. The molecular weight excluding hydrogens is 340 g/mol. The molecule has 1 aliphatic carbocycles. The van der Waals surface area contributed by atoms with Gasteiger partial charge in [-0.3, -0.25) is 9.59 Å². The van der Waals surface area contributed by atoms with Crippen LogP contribution in [0.4, 0.5) is 0 Å². The van der Waals surface area contributed by atoms with E-state index in [0.29, 0.717) is 13.0 Å². The van der Waals surface area contributed by atoms with Crippen molar-refractivity contribution in [2.45, 2.75) is 17.9 Å². The normalized spacial score (nSPS) is 27.7. The Bertz CT molecular complexity index is 841. The first-order valence-corrected chi connectivity index (χ1v) is 8.84. The minimum Gasteiger partial charge on any atom is -0.468 e. The van der Waals surface area contributed by atoms with Crippen LogP contribution in [-0.2, 0) is 19.7 Å². The number of hydrogen-bond donors (Lipinski definition) is 1. The van der Waals surface area contributed by atoms with E-state index in [1.54, 1.807) is 4.90 Å². The maximum atomic E-state index is 13.0. The number of piperidine rings is 1. The highest BCUT2D eigenvalue weighted by molar-refractivity contribution is 6.27. The number of alkyl halides is 1. The second-order valence-electron chi connectivity index (χ2n) is 6.71. The molecule has 0 unspecified atom stereocenters. The van der Waals surface area contributed by atoms with E-state index in [2.05, 4.69) is 11.1 Å². The number of rotatable bonds is 3. The third-order valence-corrected chi connectivity index (χ3v) is 5.65. The van der Waals surface area contributed by atoms with Crippen molar-refractivity contribution in [3.63, 3.8) is 0 Å². The van der Waals surface area contributed by atoms with Gasteiger partial charge in [0.1, 0.15) is 11.3 Å². The molecule has 5 rings (SSSR count). The quantitative estimate of drug-likeness (QED) is 0.521. The topological polar surface area (TPSA) is 62.4 Å². The number of H-pyrrole nitrogens is 1. The average Bonchev–Trinajstić information content (AvgIpc) is 3.11.